The highest BCUT2D eigenvalue weighted by Crippen LogP contribution is 2.50. The molecule has 0 saturated carbocycles. The lowest BCUT2D eigenvalue weighted by Gasteiger charge is -2.31. The first-order valence-corrected chi connectivity index (χ1v) is 5.52. The molecule has 0 spiro atoms. The van der Waals surface area contributed by atoms with Gasteiger partial charge in [0.1, 0.15) is 0 Å². The second kappa shape index (κ2) is 4.10. The largest absolute Gasteiger partial charge is 0.292 e. The highest BCUT2D eigenvalue weighted by molar-refractivity contribution is 6.23. The molecule has 2 aliphatic rings. The maximum absolute atomic E-state index is 11.8. The maximum atomic E-state index is 11.8. The van der Waals surface area contributed by atoms with Crippen molar-refractivity contribution in [3.05, 3.63) is 41.5 Å². The Morgan fingerprint density at radius 2 is 1.95 bits per heavy atom. The van der Waals surface area contributed by atoms with Crippen LogP contribution in [0.25, 0.3) is 11.1 Å². The summed E-state index contributed by atoms with van der Waals surface area (Å²) in [6.45, 7) is 0. The smallest absolute Gasteiger partial charge is 0.240 e. The minimum Gasteiger partial charge on any atom is -0.292 e. The molecule has 1 aromatic rings. The fourth-order valence-corrected chi connectivity index (χ4v) is 2.45. The van der Waals surface area contributed by atoms with Gasteiger partial charge in [0.15, 0.2) is 11.8 Å². The lowest BCUT2D eigenvalue weighted by molar-refractivity contribution is -0.114. The third-order valence-electron chi connectivity index (χ3n) is 3.20. The number of isocyanates is 2. The quantitative estimate of drug-likeness (QED) is 0.592. The van der Waals surface area contributed by atoms with E-state index < -0.39 is 6.04 Å². The van der Waals surface area contributed by atoms with Gasteiger partial charge in [0.2, 0.25) is 12.2 Å². The normalized spacial score (nSPS) is 18.7. The molecule has 1 atom stereocenters. The van der Waals surface area contributed by atoms with Gasteiger partial charge in [-0.2, -0.15) is 9.98 Å². The molecule has 0 N–H and O–H groups in total. The van der Waals surface area contributed by atoms with Crippen LogP contribution in [-0.4, -0.2) is 24.0 Å². The molecule has 19 heavy (non-hydrogen) atoms. The Balaban J connectivity index is 2.22. The molecular formula is C14H6N2O3. The average molecular weight is 250 g/mol. The molecule has 0 aliphatic heterocycles. The lowest BCUT2D eigenvalue weighted by Crippen LogP contribution is -2.27. The first kappa shape index (κ1) is 11.2. The molecule has 2 aliphatic carbocycles. The third kappa shape index (κ3) is 1.47. The molecule has 0 saturated heterocycles. The SMILES string of the molecule is O=C=Nc1cccc2c1C1=C2C=CC(=O)C1N=C=O. The summed E-state index contributed by atoms with van der Waals surface area (Å²) < 4.78 is 0. The van der Waals surface area contributed by atoms with Crippen molar-refractivity contribution in [3.63, 3.8) is 0 Å². The van der Waals surface area contributed by atoms with Gasteiger partial charge in [-0.15, -0.1) is 0 Å². The van der Waals surface area contributed by atoms with Crippen LogP contribution in [0, 0.1) is 0 Å². The van der Waals surface area contributed by atoms with Crippen LogP contribution in [-0.2, 0) is 14.4 Å². The number of hydrogen-bond acceptors (Lipinski definition) is 5. The Morgan fingerprint density at radius 1 is 1.11 bits per heavy atom. The van der Waals surface area contributed by atoms with Gasteiger partial charge < -0.3 is 0 Å². The Kier molecular flexibility index (Phi) is 2.43. The Morgan fingerprint density at radius 3 is 2.68 bits per heavy atom. The van der Waals surface area contributed by atoms with Crippen molar-refractivity contribution in [2.24, 2.45) is 9.98 Å². The summed E-state index contributed by atoms with van der Waals surface area (Å²) in [5.41, 5.74) is 3.48. The highest BCUT2D eigenvalue weighted by Gasteiger charge is 2.37. The van der Waals surface area contributed by atoms with Crippen LogP contribution in [0.2, 0.25) is 0 Å². The number of fused-ring (bicyclic) bond motifs is 3. The van der Waals surface area contributed by atoms with Crippen molar-refractivity contribution < 1.29 is 14.4 Å². The molecule has 1 unspecified atom stereocenters. The number of carbonyl (C=O) groups is 1. The average Bonchev–Trinajstić information content (AvgIpc) is 2.39. The van der Waals surface area contributed by atoms with Gasteiger partial charge in [-0.3, -0.25) is 4.79 Å². The zero-order valence-electron chi connectivity index (χ0n) is 9.58. The highest BCUT2D eigenvalue weighted by atomic mass is 16.1. The van der Waals surface area contributed by atoms with Crippen molar-refractivity contribution in [1.29, 1.82) is 0 Å². The van der Waals surface area contributed by atoms with Crippen molar-refractivity contribution in [2.75, 3.05) is 0 Å². The van der Waals surface area contributed by atoms with Crippen LogP contribution in [0.5, 0.6) is 0 Å². The van der Waals surface area contributed by atoms with Gasteiger partial charge in [0, 0.05) is 11.1 Å². The topological polar surface area (TPSA) is 75.9 Å². The van der Waals surface area contributed by atoms with Crippen LogP contribution in [0.4, 0.5) is 5.69 Å². The second-order valence-electron chi connectivity index (χ2n) is 4.09. The number of hydrogen-bond donors (Lipinski definition) is 0. The number of nitrogens with zero attached hydrogens (tertiary/aromatic N) is 2. The van der Waals surface area contributed by atoms with Crippen LogP contribution in [0.1, 0.15) is 11.1 Å². The summed E-state index contributed by atoms with van der Waals surface area (Å²) in [6, 6.07) is 4.40. The summed E-state index contributed by atoms with van der Waals surface area (Å²) >= 11 is 0. The molecule has 0 fully saturated rings. The first-order chi connectivity index (χ1) is 9.27. The molecule has 5 nitrogen and oxygen atoms in total. The predicted molar refractivity (Wildman–Crippen MR) is 67.1 cm³/mol. The molecule has 0 bridgehead atoms. The number of aliphatic imine (C=N–C) groups is 2. The van der Waals surface area contributed by atoms with E-state index in [-0.39, 0.29) is 5.78 Å². The molecule has 90 valence electrons. The van der Waals surface area contributed by atoms with Gasteiger partial charge in [0.05, 0.1) is 5.69 Å². The number of allylic oxidation sites excluding steroid dienone is 2. The van der Waals surface area contributed by atoms with E-state index in [1.165, 1.54) is 18.2 Å². The van der Waals surface area contributed by atoms with Crippen LogP contribution in [0.15, 0.2) is 40.3 Å². The van der Waals surface area contributed by atoms with Crippen LogP contribution < -0.4 is 0 Å². The molecule has 0 radical (unpaired) electrons. The van der Waals surface area contributed by atoms with Crippen molar-refractivity contribution in [2.45, 2.75) is 6.04 Å². The Labute approximate surface area is 107 Å². The number of carbonyl (C=O) groups excluding carboxylic acids is 3. The molecule has 1 aromatic carbocycles. The van der Waals surface area contributed by atoms with E-state index in [1.54, 1.807) is 18.2 Å². The molecule has 0 amide bonds. The predicted octanol–water partition coefficient (Wildman–Crippen LogP) is 1.72. The Bertz CT molecular complexity index is 761. The van der Waals surface area contributed by atoms with Crippen molar-refractivity contribution in [1.82, 2.24) is 0 Å². The van der Waals surface area contributed by atoms with E-state index in [2.05, 4.69) is 9.98 Å². The third-order valence-corrected chi connectivity index (χ3v) is 3.20. The zero-order valence-corrected chi connectivity index (χ0v) is 9.58. The summed E-state index contributed by atoms with van der Waals surface area (Å²) in [5, 5.41) is 0. The molecule has 3 rings (SSSR count). The first-order valence-electron chi connectivity index (χ1n) is 5.52. The van der Waals surface area contributed by atoms with E-state index in [1.807, 2.05) is 6.07 Å². The van der Waals surface area contributed by atoms with Gasteiger partial charge in [-0.05, 0) is 23.3 Å². The summed E-state index contributed by atoms with van der Waals surface area (Å²) in [7, 11) is 0. The minimum absolute atomic E-state index is 0.280. The number of ketones is 1. The molecule has 0 aromatic heterocycles. The van der Waals surface area contributed by atoms with Crippen molar-refractivity contribution >= 4 is 34.8 Å². The minimum atomic E-state index is -0.881. The Hall–Kier alpha value is -2.87. The number of rotatable bonds is 2. The van der Waals surface area contributed by atoms with Gasteiger partial charge >= 0.3 is 0 Å². The van der Waals surface area contributed by atoms with Gasteiger partial charge in [-0.25, -0.2) is 9.59 Å². The molecular weight excluding hydrogens is 244 g/mol. The zero-order chi connectivity index (χ0) is 13.4. The summed E-state index contributed by atoms with van der Waals surface area (Å²) in [6.07, 6.45) is 5.97. The van der Waals surface area contributed by atoms with E-state index in [4.69, 9.17) is 0 Å². The van der Waals surface area contributed by atoms with E-state index in [0.29, 0.717) is 16.8 Å². The fraction of sp³-hybridized carbons (Fsp3) is 0.0714. The molecule has 5 heteroatoms. The van der Waals surface area contributed by atoms with E-state index in [0.717, 1.165) is 11.1 Å². The fourth-order valence-electron chi connectivity index (χ4n) is 2.45. The number of benzene rings is 1. The van der Waals surface area contributed by atoms with E-state index >= 15 is 0 Å². The van der Waals surface area contributed by atoms with Crippen LogP contribution in [0.3, 0.4) is 0 Å². The summed E-state index contributed by atoms with van der Waals surface area (Å²) in [4.78, 5) is 39.8. The van der Waals surface area contributed by atoms with Gasteiger partial charge in [-0.1, -0.05) is 18.2 Å². The lowest BCUT2D eigenvalue weighted by atomic mass is 9.72. The van der Waals surface area contributed by atoms with Crippen molar-refractivity contribution in [3.8, 4) is 0 Å². The standard InChI is InChI=1S/C14H6N2O3/c17-6-15-10-3-1-2-8-9-4-5-11(19)14(16-7-18)13(9)12(8)10/h1-5,14H. The van der Waals surface area contributed by atoms with Crippen LogP contribution >= 0.6 is 0 Å². The van der Waals surface area contributed by atoms with E-state index in [9.17, 15) is 14.4 Å². The molecule has 0 heterocycles. The summed E-state index contributed by atoms with van der Waals surface area (Å²) in [5.74, 6) is -0.280. The second-order valence-corrected chi connectivity index (χ2v) is 4.09. The van der Waals surface area contributed by atoms with Gasteiger partial charge in [0.25, 0.3) is 0 Å². The monoisotopic (exact) mass is 250 g/mol. The maximum Gasteiger partial charge on any atom is 0.240 e.